The molecule has 0 unspecified atom stereocenters. The van der Waals surface area contributed by atoms with Crippen LogP contribution in [0.25, 0.3) is 10.9 Å². The largest absolute Gasteiger partial charge is 0.468 e. The van der Waals surface area contributed by atoms with Crippen LogP contribution in [0.1, 0.15) is 35.6 Å². The number of thiazole rings is 1. The van der Waals surface area contributed by atoms with E-state index in [-0.39, 0.29) is 24.5 Å². The molecule has 0 aliphatic carbocycles. The lowest BCUT2D eigenvalue weighted by Crippen LogP contribution is -2.27. The Labute approximate surface area is 193 Å². The fraction of sp³-hybridized carbons (Fsp3) is 0.381. The Balaban J connectivity index is 1.96. The van der Waals surface area contributed by atoms with E-state index in [2.05, 4.69) is 15.3 Å². The maximum Gasteiger partial charge on any atom is 0.350 e. The van der Waals surface area contributed by atoms with Crippen molar-refractivity contribution in [2.45, 2.75) is 37.7 Å². The molecule has 1 N–H and O–H groups in total. The normalized spacial score (nSPS) is 10.8. The number of hydrogen-bond donors (Lipinski definition) is 1. The van der Waals surface area contributed by atoms with Crippen molar-refractivity contribution in [3.8, 4) is 0 Å². The van der Waals surface area contributed by atoms with Crippen LogP contribution < -0.4 is 10.9 Å². The van der Waals surface area contributed by atoms with Crippen LogP contribution in [0, 0.1) is 0 Å². The van der Waals surface area contributed by atoms with E-state index in [0.29, 0.717) is 31.8 Å². The van der Waals surface area contributed by atoms with Crippen LogP contribution in [0.2, 0.25) is 0 Å². The van der Waals surface area contributed by atoms with Gasteiger partial charge in [-0.2, -0.15) is 0 Å². The van der Waals surface area contributed by atoms with Gasteiger partial charge in [-0.3, -0.25) is 14.2 Å². The van der Waals surface area contributed by atoms with Gasteiger partial charge in [-0.05, 0) is 25.5 Å². The van der Waals surface area contributed by atoms with Crippen molar-refractivity contribution in [2.24, 2.45) is 0 Å². The monoisotopic (exact) mass is 476 g/mol. The first kappa shape index (κ1) is 23.7. The molecule has 0 radical (unpaired) electrons. The van der Waals surface area contributed by atoms with Gasteiger partial charge in [0.2, 0.25) is 0 Å². The topological polar surface area (TPSA) is 112 Å². The molecular formula is C21H24N4O5S2. The van der Waals surface area contributed by atoms with Gasteiger partial charge in [0, 0.05) is 12.3 Å². The zero-order valence-corrected chi connectivity index (χ0v) is 19.7. The molecule has 0 spiro atoms. The van der Waals surface area contributed by atoms with Gasteiger partial charge in [-0.25, -0.2) is 14.8 Å². The van der Waals surface area contributed by atoms with Crippen molar-refractivity contribution in [3.05, 3.63) is 45.2 Å². The molecule has 0 aliphatic rings. The third kappa shape index (κ3) is 5.46. The molecule has 3 aromatic rings. The number of aromatic nitrogens is 3. The summed E-state index contributed by atoms with van der Waals surface area (Å²) in [6.45, 7) is 4.50. The molecule has 9 nitrogen and oxygen atoms in total. The van der Waals surface area contributed by atoms with Crippen LogP contribution in [0.4, 0.5) is 5.13 Å². The van der Waals surface area contributed by atoms with Crippen molar-refractivity contribution >= 4 is 51.1 Å². The first-order valence-electron chi connectivity index (χ1n) is 10.1. The first-order chi connectivity index (χ1) is 15.5. The van der Waals surface area contributed by atoms with Gasteiger partial charge in [0.05, 0.1) is 30.3 Å². The molecule has 1 aromatic carbocycles. The number of hydrogen-bond acceptors (Lipinski definition) is 10. The number of esters is 2. The molecule has 2 aromatic heterocycles. The van der Waals surface area contributed by atoms with Crippen LogP contribution in [-0.2, 0) is 26.6 Å². The van der Waals surface area contributed by atoms with Crippen molar-refractivity contribution in [3.63, 3.8) is 0 Å². The molecule has 0 fully saturated rings. The number of carbonyl (C=O) groups is 2. The Bertz CT molecular complexity index is 1170. The summed E-state index contributed by atoms with van der Waals surface area (Å²) in [6.07, 6.45) is 0.916. The zero-order chi connectivity index (χ0) is 23.1. The molecule has 3 rings (SSSR count). The summed E-state index contributed by atoms with van der Waals surface area (Å²) in [7, 11) is 1.26. The van der Waals surface area contributed by atoms with Crippen LogP contribution in [0.3, 0.4) is 0 Å². The van der Waals surface area contributed by atoms with Crippen LogP contribution in [-0.4, -0.2) is 46.7 Å². The van der Waals surface area contributed by atoms with E-state index in [1.165, 1.54) is 34.8 Å². The highest BCUT2D eigenvalue weighted by Crippen LogP contribution is 2.29. The highest BCUT2D eigenvalue weighted by molar-refractivity contribution is 7.98. The molecule has 0 amide bonds. The van der Waals surface area contributed by atoms with Gasteiger partial charge < -0.3 is 14.8 Å². The molecule has 32 heavy (non-hydrogen) atoms. The summed E-state index contributed by atoms with van der Waals surface area (Å²) in [6, 6.07) is 6.94. The Morgan fingerprint density at radius 2 is 2.00 bits per heavy atom. The predicted octanol–water partition coefficient (Wildman–Crippen LogP) is 3.32. The Hall–Kier alpha value is -2.92. The SMILES string of the molecule is CCCNc1nc(CSc2nc3ccccc3c(=O)n2CC(=O)OC)c(C(=O)OCC)s1. The van der Waals surface area contributed by atoms with E-state index in [4.69, 9.17) is 9.47 Å². The van der Waals surface area contributed by atoms with E-state index >= 15 is 0 Å². The second-order valence-electron chi connectivity index (χ2n) is 6.61. The number of rotatable bonds is 10. The Kier molecular flexibility index (Phi) is 8.23. The predicted molar refractivity (Wildman–Crippen MR) is 124 cm³/mol. The summed E-state index contributed by atoms with van der Waals surface area (Å²) in [5.41, 5.74) is 0.720. The molecule has 0 bridgehead atoms. The molecule has 11 heteroatoms. The minimum atomic E-state index is -0.557. The van der Waals surface area contributed by atoms with E-state index < -0.39 is 11.9 Å². The minimum Gasteiger partial charge on any atom is -0.468 e. The number of nitrogens with zero attached hydrogens (tertiary/aromatic N) is 3. The smallest absolute Gasteiger partial charge is 0.350 e. The van der Waals surface area contributed by atoms with E-state index in [1.54, 1.807) is 31.2 Å². The first-order valence-corrected chi connectivity index (χ1v) is 11.9. The number of anilines is 1. The summed E-state index contributed by atoms with van der Waals surface area (Å²) in [5, 5.41) is 4.56. The lowest BCUT2D eigenvalue weighted by Gasteiger charge is -2.12. The quantitative estimate of drug-likeness (QED) is 0.267. The summed E-state index contributed by atoms with van der Waals surface area (Å²) >= 11 is 2.45. The highest BCUT2D eigenvalue weighted by atomic mass is 32.2. The number of thioether (sulfide) groups is 1. The molecule has 0 saturated carbocycles. The maximum absolute atomic E-state index is 13.0. The van der Waals surface area contributed by atoms with E-state index in [1.807, 2.05) is 6.92 Å². The molecule has 0 atom stereocenters. The van der Waals surface area contributed by atoms with Crippen LogP contribution >= 0.6 is 23.1 Å². The Morgan fingerprint density at radius 3 is 2.72 bits per heavy atom. The van der Waals surface area contributed by atoms with E-state index in [0.717, 1.165) is 13.0 Å². The Morgan fingerprint density at radius 1 is 1.22 bits per heavy atom. The van der Waals surface area contributed by atoms with Crippen LogP contribution in [0.5, 0.6) is 0 Å². The lowest BCUT2D eigenvalue weighted by molar-refractivity contribution is -0.141. The van der Waals surface area contributed by atoms with Gasteiger partial charge in [0.1, 0.15) is 11.4 Å². The van der Waals surface area contributed by atoms with Gasteiger partial charge >= 0.3 is 11.9 Å². The molecular weight excluding hydrogens is 452 g/mol. The summed E-state index contributed by atoms with van der Waals surface area (Å²) in [4.78, 5) is 46.8. The fourth-order valence-electron chi connectivity index (χ4n) is 2.84. The lowest BCUT2D eigenvalue weighted by atomic mass is 10.2. The number of nitrogens with one attached hydrogen (secondary N) is 1. The van der Waals surface area contributed by atoms with Gasteiger partial charge in [-0.15, -0.1) is 0 Å². The second kappa shape index (κ2) is 11.1. The molecule has 170 valence electrons. The van der Waals surface area contributed by atoms with Gasteiger partial charge in [0.15, 0.2) is 10.3 Å². The second-order valence-corrected chi connectivity index (χ2v) is 8.55. The minimum absolute atomic E-state index is 0.256. The fourth-order valence-corrected chi connectivity index (χ4v) is 4.77. The molecule has 0 aliphatic heterocycles. The van der Waals surface area contributed by atoms with Gasteiger partial charge in [-0.1, -0.05) is 42.2 Å². The third-order valence-electron chi connectivity index (χ3n) is 4.36. The average Bonchev–Trinajstić information content (AvgIpc) is 3.21. The summed E-state index contributed by atoms with van der Waals surface area (Å²) in [5.74, 6) is -0.730. The summed E-state index contributed by atoms with van der Waals surface area (Å²) < 4.78 is 11.2. The van der Waals surface area contributed by atoms with E-state index in [9.17, 15) is 14.4 Å². The third-order valence-corrected chi connectivity index (χ3v) is 6.39. The average molecular weight is 477 g/mol. The number of para-hydroxylation sites is 1. The number of fused-ring (bicyclic) bond motifs is 1. The standard InChI is InChI=1S/C21H24N4O5S2/c1-4-10-22-20-23-15(17(32-20)19(28)30-5-2)12-31-21-24-14-9-7-6-8-13(14)18(27)25(21)11-16(26)29-3/h6-9H,4-5,10-12H2,1-3H3,(H,22,23). The van der Waals surface area contributed by atoms with Crippen LogP contribution in [0.15, 0.2) is 34.2 Å². The molecule has 2 heterocycles. The maximum atomic E-state index is 13.0. The number of carbonyl (C=O) groups excluding carboxylic acids is 2. The highest BCUT2D eigenvalue weighted by Gasteiger charge is 2.21. The van der Waals surface area contributed by atoms with Crippen molar-refractivity contribution in [2.75, 3.05) is 25.6 Å². The zero-order valence-electron chi connectivity index (χ0n) is 18.0. The van der Waals surface area contributed by atoms with Crippen molar-refractivity contribution in [1.29, 1.82) is 0 Å². The number of ether oxygens (including phenoxy) is 2. The van der Waals surface area contributed by atoms with Gasteiger partial charge in [0.25, 0.3) is 5.56 Å². The number of benzene rings is 1. The molecule has 0 saturated heterocycles. The van der Waals surface area contributed by atoms with Crippen molar-refractivity contribution in [1.82, 2.24) is 14.5 Å². The number of methoxy groups -OCH3 is 1. The van der Waals surface area contributed by atoms with Crippen molar-refractivity contribution < 1.29 is 19.1 Å².